The van der Waals surface area contributed by atoms with Crippen molar-refractivity contribution in [3.63, 3.8) is 0 Å². The third-order valence-electron chi connectivity index (χ3n) is 7.99. The lowest BCUT2D eigenvalue weighted by Crippen LogP contribution is -2.51. The predicted molar refractivity (Wildman–Crippen MR) is 161 cm³/mol. The topological polar surface area (TPSA) is 146 Å². The first-order valence-corrected chi connectivity index (χ1v) is 15.3. The fourth-order valence-electron chi connectivity index (χ4n) is 5.81. The van der Waals surface area contributed by atoms with Crippen LogP contribution in [0.5, 0.6) is 17.2 Å². The van der Waals surface area contributed by atoms with Crippen molar-refractivity contribution in [2.75, 3.05) is 34.4 Å². The second-order valence-electron chi connectivity index (χ2n) is 10.2. The summed E-state index contributed by atoms with van der Waals surface area (Å²) >= 11 is 12.7. The number of methoxy groups -OCH3 is 3. The van der Waals surface area contributed by atoms with E-state index >= 15 is 0 Å². The van der Waals surface area contributed by atoms with Crippen molar-refractivity contribution in [1.82, 2.24) is 4.90 Å². The lowest BCUT2D eigenvalue weighted by Gasteiger charge is -2.47. The van der Waals surface area contributed by atoms with Crippen molar-refractivity contribution in [2.45, 2.75) is 36.0 Å². The van der Waals surface area contributed by atoms with Crippen molar-refractivity contribution in [3.8, 4) is 17.2 Å². The highest BCUT2D eigenvalue weighted by molar-refractivity contribution is 7.85. The number of carbonyl (C=O) groups excluding carboxylic acids is 1. The molecule has 0 aliphatic carbocycles. The summed E-state index contributed by atoms with van der Waals surface area (Å²) in [7, 11) is -0.436. The number of hydrogen-bond donors (Lipinski definition) is 1. The Kier molecular flexibility index (Phi) is 9.45. The van der Waals surface area contributed by atoms with Gasteiger partial charge in [-0.15, -0.1) is 0 Å². The summed E-state index contributed by atoms with van der Waals surface area (Å²) in [6, 6.07) is 11.3. The normalized spacial score (nSPS) is 17.7. The van der Waals surface area contributed by atoms with E-state index in [9.17, 15) is 27.9 Å². The van der Waals surface area contributed by atoms with Crippen LogP contribution in [-0.2, 0) is 15.5 Å². The van der Waals surface area contributed by atoms with E-state index in [0.717, 1.165) is 18.2 Å². The summed E-state index contributed by atoms with van der Waals surface area (Å²) < 4.78 is 51.2. The molecule has 1 N–H and O–H groups in total. The molecule has 3 aromatic carbocycles. The van der Waals surface area contributed by atoms with Crippen molar-refractivity contribution in [1.29, 1.82) is 0 Å². The maximum absolute atomic E-state index is 14.0. The first-order chi connectivity index (χ1) is 20.3. The first-order valence-electron chi connectivity index (χ1n) is 13.1. The molecule has 43 heavy (non-hydrogen) atoms. The molecule has 1 heterocycles. The number of amides is 1. The van der Waals surface area contributed by atoms with E-state index in [-0.39, 0.29) is 34.3 Å². The lowest BCUT2D eigenvalue weighted by atomic mass is 9.64. The Balaban J connectivity index is 1.90. The number of nitro groups is 1. The number of non-ortho nitro benzene ring substituents is 1. The van der Waals surface area contributed by atoms with Crippen LogP contribution in [0.2, 0.25) is 10.0 Å². The van der Waals surface area contributed by atoms with Gasteiger partial charge >= 0.3 is 0 Å². The first kappa shape index (κ1) is 32.3. The molecule has 0 bridgehead atoms. The third-order valence-corrected chi connectivity index (χ3v) is 9.66. The van der Waals surface area contributed by atoms with Gasteiger partial charge in [0.25, 0.3) is 21.7 Å². The van der Waals surface area contributed by atoms with Crippen LogP contribution in [0.15, 0.2) is 53.4 Å². The smallest absolute Gasteiger partial charge is 0.294 e. The van der Waals surface area contributed by atoms with E-state index in [1.54, 1.807) is 42.2 Å². The lowest BCUT2D eigenvalue weighted by molar-refractivity contribution is -0.385. The molecule has 14 heteroatoms. The van der Waals surface area contributed by atoms with Gasteiger partial charge in [-0.3, -0.25) is 19.5 Å². The highest BCUT2D eigenvalue weighted by Gasteiger charge is 2.45. The van der Waals surface area contributed by atoms with Gasteiger partial charge in [-0.25, -0.2) is 0 Å². The number of nitro benzene ring substituents is 1. The number of rotatable bonds is 9. The third kappa shape index (κ3) is 6.23. The van der Waals surface area contributed by atoms with Crippen molar-refractivity contribution in [2.24, 2.45) is 0 Å². The molecule has 2 atom stereocenters. The monoisotopic (exact) mass is 652 g/mol. The quantitative estimate of drug-likeness (QED) is 0.163. The minimum atomic E-state index is -4.77. The number of halogens is 2. The molecular formula is C29H30Cl2N2O9S. The van der Waals surface area contributed by atoms with E-state index < -0.39 is 31.3 Å². The molecule has 1 saturated heterocycles. The van der Waals surface area contributed by atoms with Crippen LogP contribution in [0, 0.1) is 10.1 Å². The van der Waals surface area contributed by atoms with Gasteiger partial charge in [0.05, 0.1) is 41.2 Å². The van der Waals surface area contributed by atoms with Gasteiger partial charge in [0, 0.05) is 36.2 Å². The number of hydrogen-bond acceptors (Lipinski definition) is 8. The van der Waals surface area contributed by atoms with E-state index in [0.29, 0.717) is 47.2 Å². The molecule has 1 aliphatic rings. The Morgan fingerprint density at radius 1 is 1.02 bits per heavy atom. The fraction of sp³-hybridized carbons (Fsp3) is 0.345. The summed E-state index contributed by atoms with van der Waals surface area (Å²) in [5, 5.41) is 12.2. The van der Waals surface area contributed by atoms with E-state index in [1.807, 2.05) is 0 Å². The average Bonchev–Trinajstić information content (AvgIpc) is 2.99. The van der Waals surface area contributed by atoms with Gasteiger partial charge in [-0.05, 0) is 60.2 Å². The zero-order valence-electron chi connectivity index (χ0n) is 23.8. The Labute approximate surface area is 259 Å². The van der Waals surface area contributed by atoms with Gasteiger partial charge in [0.1, 0.15) is 0 Å². The summed E-state index contributed by atoms with van der Waals surface area (Å²) in [4.78, 5) is 26.2. The minimum Gasteiger partial charge on any atom is -0.493 e. The summed E-state index contributed by atoms with van der Waals surface area (Å²) in [5.74, 6) is -0.217. The number of likely N-dealkylation sites (tertiary alicyclic amines) is 1. The van der Waals surface area contributed by atoms with E-state index in [4.69, 9.17) is 37.4 Å². The molecule has 230 valence electrons. The Hall–Kier alpha value is -3.58. The largest absolute Gasteiger partial charge is 0.493 e. The number of nitrogens with zero attached hydrogens (tertiary/aromatic N) is 2. The highest BCUT2D eigenvalue weighted by atomic mass is 35.5. The number of carbonyl (C=O) groups is 1. The van der Waals surface area contributed by atoms with E-state index in [1.165, 1.54) is 21.3 Å². The van der Waals surface area contributed by atoms with Gasteiger partial charge in [-0.2, -0.15) is 8.42 Å². The van der Waals surface area contributed by atoms with Crippen molar-refractivity contribution < 1.29 is 36.9 Å². The molecule has 0 spiro atoms. The van der Waals surface area contributed by atoms with Gasteiger partial charge in [-0.1, -0.05) is 36.2 Å². The highest BCUT2D eigenvalue weighted by Crippen LogP contribution is 2.49. The molecular weight excluding hydrogens is 623 g/mol. The van der Waals surface area contributed by atoms with Crippen LogP contribution in [0.3, 0.4) is 0 Å². The fourth-order valence-corrected chi connectivity index (χ4v) is 6.88. The number of benzene rings is 3. The van der Waals surface area contributed by atoms with Crippen LogP contribution in [0.4, 0.5) is 5.69 Å². The van der Waals surface area contributed by atoms with Crippen LogP contribution < -0.4 is 14.2 Å². The Bertz CT molecular complexity index is 1660. The Morgan fingerprint density at radius 2 is 1.67 bits per heavy atom. The second-order valence-corrected chi connectivity index (χ2v) is 12.4. The number of ether oxygens (including phenoxy) is 3. The zero-order valence-corrected chi connectivity index (χ0v) is 26.1. The molecule has 0 aromatic heterocycles. The van der Waals surface area contributed by atoms with Crippen molar-refractivity contribution in [3.05, 3.63) is 85.4 Å². The van der Waals surface area contributed by atoms with Gasteiger partial charge in [0.15, 0.2) is 11.5 Å². The molecule has 11 nitrogen and oxygen atoms in total. The SMILES string of the molecule is COc1cc(C(=O)N2CCCC(c3ccc(Cl)c(Cl)c3)(C(C)c3cc([N+](=O)[O-])ccc3S(=O)(=O)O)C2)cc(OC)c1OC. The summed E-state index contributed by atoms with van der Waals surface area (Å²) in [6.07, 6.45) is 0.954. The van der Waals surface area contributed by atoms with Gasteiger partial charge < -0.3 is 19.1 Å². The van der Waals surface area contributed by atoms with Crippen LogP contribution in [-0.4, -0.2) is 63.1 Å². The molecule has 0 radical (unpaired) electrons. The average molecular weight is 654 g/mol. The molecule has 1 amide bonds. The maximum Gasteiger partial charge on any atom is 0.294 e. The Morgan fingerprint density at radius 3 is 2.21 bits per heavy atom. The summed E-state index contributed by atoms with van der Waals surface area (Å²) in [5.41, 5.74) is -0.410. The molecule has 0 saturated carbocycles. The van der Waals surface area contributed by atoms with Gasteiger partial charge in [0.2, 0.25) is 5.75 Å². The molecule has 3 aromatic rings. The van der Waals surface area contributed by atoms with Crippen LogP contribution >= 0.6 is 23.2 Å². The van der Waals surface area contributed by atoms with Crippen molar-refractivity contribution >= 4 is 44.9 Å². The standard InChI is InChI=1S/C29H30Cl2N2O9S/c1-17(21-15-20(33(35)36)7-9-26(21)43(37,38)39)29(19-6-8-22(30)23(31)14-19)10-5-11-32(16-29)28(34)18-12-24(40-2)27(42-4)25(13-18)41-3/h6-9,12-15,17H,5,10-11,16H2,1-4H3,(H,37,38,39). The zero-order chi connectivity index (χ0) is 31.7. The van der Waals surface area contributed by atoms with Crippen LogP contribution in [0.25, 0.3) is 0 Å². The number of piperidine rings is 1. The molecule has 4 rings (SSSR count). The molecule has 1 aliphatic heterocycles. The molecule has 1 fully saturated rings. The predicted octanol–water partition coefficient (Wildman–Crippen LogP) is 6.15. The summed E-state index contributed by atoms with van der Waals surface area (Å²) in [6.45, 7) is 2.16. The van der Waals surface area contributed by atoms with Crippen LogP contribution in [0.1, 0.15) is 47.2 Å². The second kappa shape index (κ2) is 12.6. The maximum atomic E-state index is 14.0. The molecule has 2 unspecified atom stereocenters. The van der Waals surface area contributed by atoms with E-state index in [2.05, 4.69) is 0 Å². The minimum absolute atomic E-state index is 0.0323.